The Hall–Kier alpha value is -0.770. The van der Waals surface area contributed by atoms with Gasteiger partial charge in [-0.2, -0.15) is 0 Å². The number of hydrogen-bond donors (Lipinski definition) is 1. The van der Waals surface area contributed by atoms with E-state index in [0.29, 0.717) is 6.04 Å². The molecule has 1 aromatic carbocycles. The van der Waals surface area contributed by atoms with Crippen LogP contribution < -0.4 is 10.2 Å². The molecule has 1 aromatic rings. The smallest absolute Gasteiger partial charge is 0.0642 e. The molecule has 0 amide bonds. The first-order chi connectivity index (χ1) is 10.1. The van der Waals surface area contributed by atoms with Crippen molar-refractivity contribution in [1.82, 2.24) is 10.2 Å². The summed E-state index contributed by atoms with van der Waals surface area (Å²) >= 11 is 6.49. The number of piperazine rings is 1. The number of halogens is 1. The van der Waals surface area contributed by atoms with Gasteiger partial charge in [-0.3, -0.25) is 4.90 Å². The van der Waals surface area contributed by atoms with Gasteiger partial charge in [0, 0.05) is 38.8 Å². The third-order valence-electron chi connectivity index (χ3n) is 3.98. The lowest BCUT2D eigenvalue weighted by Gasteiger charge is -2.36. The van der Waals surface area contributed by atoms with Gasteiger partial charge in [0.1, 0.15) is 0 Å². The highest BCUT2D eigenvalue weighted by Gasteiger charge is 2.18. The molecule has 1 aliphatic rings. The van der Waals surface area contributed by atoms with Gasteiger partial charge in [-0.25, -0.2) is 0 Å². The van der Waals surface area contributed by atoms with Crippen molar-refractivity contribution in [2.75, 3.05) is 37.6 Å². The quantitative estimate of drug-likeness (QED) is 0.869. The topological polar surface area (TPSA) is 18.5 Å². The summed E-state index contributed by atoms with van der Waals surface area (Å²) in [5, 5.41) is 4.31. The fourth-order valence-corrected chi connectivity index (χ4v) is 3.09. The molecule has 1 N–H and O–H groups in total. The van der Waals surface area contributed by atoms with Crippen LogP contribution in [-0.2, 0) is 6.54 Å². The summed E-state index contributed by atoms with van der Waals surface area (Å²) < 4.78 is 0. The van der Waals surface area contributed by atoms with Crippen LogP contribution in [0, 0.1) is 0 Å². The van der Waals surface area contributed by atoms with Crippen molar-refractivity contribution >= 4 is 17.3 Å². The molecule has 21 heavy (non-hydrogen) atoms. The van der Waals surface area contributed by atoms with E-state index in [0.717, 1.165) is 37.7 Å². The number of hydrogen-bond acceptors (Lipinski definition) is 3. The van der Waals surface area contributed by atoms with Crippen molar-refractivity contribution in [3.8, 4) is 0 Å². The van der Waals surface area contributed by atoms with Crippen molar-refractivity contribution in [2.45, 2.75) is 39.8 Å². The molecule has 0 spiro atoms. The minimum absolute atomic E-state index is 0.495. The molecule has 1 aliphatic heterocycles. The molecule has 3 nitrogen and oxygen atoms in total. The Morgan fingerprint density at radius 3 is 2.48 bits per heavy atom. The second kappa shape index (κ2) is 8.02. The van der Waals surface area contributed by atoms with Crippen LogP contribution in [0.2, 0.25) is 5.02 Å². The van der Waals surface area contributed by atoms with Crippen molar-refractivity contribution in [3.63, 3.8) is 0 Å². The molecule has 0 aromatic heterocycles. The van der Waals surface area contributed by atoms with Gasteiger partial charge in [0.25, 0.3) is 0 Å². The third kappa shape index (κ3) is 4.87. The zero-order valence-corrected chi connectivity index (χ0v) is 14.3. The van der Waals surface area contributed by atoms with Gasteiger partial charge in [0.05, 0.1) is 10.7 Å². The summed E-state index contributed by atoms with van der Waals surface area (Å²) in [5.41, 5.74) is 2.43. The number of nitrogens with one attached hydrogen (secondary N) is 1. The average molecular weight is 310 g/mol. The number of benzene rings is 1. The first-order valence-corrected chi connectivity index (χ1v) is 8.47. The SMILES string of the molecule is CCCN1CCN(c2ccc(CNC(C)C)cc2Cl)CC1. The number of rotatable bonds is 6. The van der Waals surface area contributed by atoms with E-state index in [4.69, 9.17) is 11.6 Å². The highest BCUT2D eigenvalue weighted by atomic mass is 35.5. The molecule has 4 heteroatoms. The molecule has 0 radical (unpaired) electrons. The van der Waals surface area contributed by atoms with E-state index >= 15 is 0 Å². The van der Waals surface area contributed by atoms with Gasteiger partial charge in [0.15, 0.2) is 0 Å². The first kappa shape index (κ1) is 16.6. The van der Waals surface area contributed by atoms with Gasteiger partial charge in [-0.05, 0) is 30.7 Å². The molecule has 0 unspecified atom stereocenters. The van der Waals surface area contributed by atoms with Crippen LogP contribution in [0.4, 0.5) is 5.69 Å². The van der Waals surface area contributed by atoms with Crippen LogP contribution in [-0.4, -0.2) is 43.7 Å². The number of nitrogens with zero attached hydrogens (tertiary/aromatic N) is 2. The van der Waals surface area contributed by atoms with Gasteiger partial charge in [-0.15, -0.1) is 0 Å². The highest BCUT2D eigenvalue weighted by Crippen LogP contribution is 2.27. The minimum atomic E-state index is 0.495. The lowest BCUT2D eigenvalue weighted by molar-refractivity contribution is 0.258. The molecule has 2 rings (SSSR count). The lowest BCUT2D eigenvalue weighted by atomic mass is 10.1. The van der Waals surface area contributed by atoms with Crippen molar-refractivity contribution < 1.29 is 0 Å². The van der Waals surface area contributed by atoms with Crippen LogP contribution in [0.3, 0.4) is 0 Å². The molecule has 1 heterocycles. The number of anilines is 1. The predicted molar refractivity (Wildman–Crippen MR) is 92.4 cm³/mol. The molecule has 0 saturated carbocycles. The molecule has 1 saturated heterocycles. The van der Waals surface area contributed by atoms with E-state index in [2.05, 4.69) is 54.1 Å². The summed E-state index contributed by atoms with van der Waals surface area (Å²) in [7, 11) is 0. The largest absolute Gasteiger partial charge is 0.368 e. The Balaban J connectivity index is 1.95. The zero-order valence-electron chi connectivity index (χ0n) is 13.5. The Labute approximate surface area is 134 Å². The van der Waals surface area contributed by atoms with Crippen LogP contribution in [0.5, 0.6) is 0 Å². The van der Waals surface area contributed by atoms with E-state index < -0.39 is 0 Å². The first-order valence-electron chi connectivity index (χ1n) is 8.09. The zero-order chi connectivity index (χ0) is 15.2. The fraction of sp³-hybridized carbons (Fsp3) is 0.647. The summed E-state index contributed by atoms with van der Waals surface area (Å²) in [6.07, 6.45) is 1.23. The van der Waals surface area contributed by atoms with E-state index in [1.807, 2.05) is 0 Å². The predicted octanol–water partition coefficient (Wildman–Crippen LogP) is 3.37. The second-order valence-corrected chi connectivity index (χ2v) is 6.56. The Bertz CT molecular complexity index is 440. The van der Waals surface area contributed by atoms with E-state index in [-0.39, 0.29) is 0 Å². The molecule has 118 valence electrons. The molecular weight excluding hydrogens is 282 g/mol. The minimum Gasteiger partial charge on any atom is -0.368 e. The summed E-state index contributed by atoms with van der Waals surface area (Å²) in [5.74, 6) is 0. The Kier molecular flexibility index (Phi) is 6.34. The van der Waals surface area contributed by atoms with Crippen LogP contribution >= 0.6 is 11.6 Å². The van der Waals surface area contributed by atoms with Gasteiger partial charge >= 0.3 is 0 Å². The van der Waals surface area contributed by atoms with Crippen molar-refractivity contribution in [2.24, 2.45) is 0 Å². The van der Waals surface area contributed by atoms with Gasteiger partial charge < -0.3 is 10.2 Å². The van der Waals surface area contributed by atoms with Crippen molar-refractivity contribution in [1.29, 1.82) is 0 Å². The Morgan fingerprint density at radius 2 is 1.90 bits per heavy atom. The monoisotopic (exact) mass is 309 g/mol. The molecular formula is C17H28ClN3. The maximum absolute atomic E-state index is 6.49. The van der Waals surface area contributed by atoms with Crippen molar-refractivity contribution in [3.05, 3.63) is 28.8 Å². The maximum Gasteiger partial charge on any atom is 0.0642 e. The average Bonchev–Trinajstić information content (AvgIpc) is 2.47. The van der Waals surface area contributed by atoms with Crippen LogP contribution in [0.15, 0.2) is 18.2 Å². The van der Waals surface area contributed by atoms with Crippen LogP contribution in [0.1, 0.15) is 32.8 Å². The second-order valence-electron chi connectivity index (χ2n) is 6.15. The molecule has 1 fully saturated rings. The molecule has 0 atom stereocenters. The lowest BCUT2D eigenvalue weighted by Crippen LogP contribution is -2.46. The summed E-state index contributed by atoms with van der Waals surface area (Å²) in [4.78, 5) is 4.94. The third-order valence-corrected chi connectivity index (χ3v) is 4.28. The summed E-state index contributed by atoms with van der Waals surface area (Å²) in [6, 6.07) is 6.96. The summed E-state index contributed by atoms with van der Waals surface area (Å²) in [6.45, 7) is 13.1. The standard InChI is InChI=1S/C17H28ClN3/c1-4-7-20-8-10-21(11-9-20)17-6-5-15(12-16(17)18)13-19-14(2)3/h5-6,12,14,19H,4,7-11,13H2,1-3H3. The Morgan fingerprint density at radius 1 is 1.19 bits per heavy atom. The maximum atomic E-state index is 6.49. The van der Waals surface area contributed by atoms with Gasteiger partial charge in [-0.1, -0.05) is 38.4 Å². The fourth-order valence-electron chi connectivity index (χ4n) is 2.77. The normalized spacial score (nSPS) is 16.7. The van der Waals surface area contributed by atoms with E-state index in [9.17, 15) is 0 Å². The van der Waals surface area contributed by atoms with E-state index in [1.165, 1.54) is 24.2 Å². The molecule has 0 bridgehead atoms. The van der Waals surface area contributed by atoms with Gasteiger partial charge in [0.2, 0.25) is 0 Å². The molecule has 0 aliphatic carbocycles. The van der Waals surface area contributed by atoms with E-state index in [1.54, 1.807) is 0 Å². The highest BCUT2D eigenvalue weighted by molar-refractivity contribution is 6.33. The van der Waals surface area contributed by atoms with Crippen LogP contribution in [0.25, 0.3) is 0 Å².